The van der Waals surface area contributed by atoms with Gasteiger partial charge in [-0.1, -0.05) is 43.0 Å². The SMILES string of the molecule is C=CCOc1ccc(C(O)=C2C(=O)C(=O)N(CCN(C)C)[C@H]2c2cccc(Oc3ccccc3)c2)c(C)c1. The van der Waals surface area contributed by atoms with Crippen molar-refractivity contribution in [3.63, 3.8) is 0 Å². The van der Waals surface area contributed by atoms with Crippen LogP contribution >= 0.6 is 0 Å². The number of amides is 1. The normalized spacial score (nSPS) is 16.6. The summed E-state index contributed by atoms with van der Waals surface area (Å²) in [7, 11) is 3.80. The number of Topliss-reactive ketones (excluding diaryl/α,β-unsaturated/α-hetero) is 1. The van der Waals surface area contributed by atoms with E-state index < -0.39 is 17.7 Å². The Bertz CT molecular complexity index is 1360. The van der Waals surface area contributed by atoms with Crippen molar-refractivity contribution < 1.29 is 24.2 Å². The molecule has 1 aliphatic heterocycles. The minimum atomic E-state index is -0.773. The first-order valence-electron chi connectivity index (χ1n) is 12.4. The monoisotopic (exact) mass is 512 g/mol. The molecule has 7 nitrogen and oxygen atoms in total. The van der Waals surface area contributed by atoms with Gasteiger partial charge < -0.3 is 24.4 Å². The number of likely N-dealkylation sites (tertiary alicyclic amines) is 1. The number of para-hydroxylation sites is 1. The third-order valence-corrected chi connectivity index (χ3v) is 6.30. The Hall–Kier alpha value is -4.36. The predicted octanol–water partition coefficient (Wildman–Crippen LogP) is 5.34. The van der Waals surface area contributed by atoms with Crippen molar-refractivity contribution in [1.29, 1.82) is 0 Å². The highest BCUT2D eigenvalue weighted by Gasteiger charge is 2.46. The number of hydrogen-bond acceptors (Lipinski definition) is 6. The fraction of sp³-hybridized carbons (Fsp3) is 0.226. The van der Waals surface area contributed by atoms with Crippen molar-refractivity contribution in [2.75, 3.05) is 33.8 Å². The third-order valence-electron chi connectivity index (χ3n) is 6.30. The molecular weight excluding hydrogens is 480 g/mol. The number of nitrogens with zero attached hydrogens (tertiary/aromatic N) is 2. The van der Waals surface area contributed by atoms with Gasteiger partial charge in [0, 0.05) is 18.7 Å². The summed E-state index contributed by atoms with van der Waals surface area (Å²) in [6, 6.07) is 21.1. The Morgan fingerprint density at radius 3 is 2.42 bits per heavy atom. The molecule has 0 bridgehead atoms. The summed E-state index contributed by atoms with van der Waals surface area (Å²) >= 11 is 0. The van der Waals surface area contributed by atoms with Crippen LogP contribution in [0.4, 0.5) is 0 Å². The number of hydrogen-bond donors (Lipinski definition) is 1. The van der Waals surface area contributed by atoms with Crippen LogP contribution in [0.15, 0.2) is 91.0 Å². The summed E-state index contributed by atoms with van der Waals surface area (Å²) in [5, 5.41) is 11.5. The highest BCUT2D eigenvalue weighted by Crippen LogP contribution is 2.41. The Morgan fingerprint density at radius 1 is 1.00 bits per heavy atom. The van der Waals surface area contributed by atoms with E-state index in [1.807, 2.05) is 74.4 Å². The van der Waals surface area contributed by atoms with E-state index in [9.17, 15) is 14.7 Å². The highest BCUT2D eigenvalue weighted by atomic mass is 16.5. The molecule has 0 aromatic heterocycles. The van der Waals surface area contributed by atoms with Crippen LogP contribution < -0.4 is 9.47 Å². The van der Waals surface area contributed by atoms with E-state index in [-0.39, 0.29) is 11.3 Å². The molecule has 1 N–H and O–H groups in total. The van der Waals surface area contributed by atoms with Crippen molar-refractivity contribution in [2.24, 2.45) is 0 Å². The molecule has 1 atom stereocenters. The minimum absolute atomic E-state index is 0.0495. The summed E-state index contributed by atoms with van der Waals surface area (Å²) in [5.41, 5.74) is 1.89. The predicted molar refractivity (Wildman–Crippen MR) is 147 cm³/mol. The summed E-state index contributed by atoms with van der Waals surface area (Å²) in [4.78, 5) is 30.1. The van der Waals surface area contributed by atoms with Gasteiger partial charge in [0.25, 0.3) is 11.7 Å². The molecule has 0 unspecified atom stereocenters. The molecule has 1 amide bonds. The van der Waals surface area contributed by atoms with Gasteiger partial charge in [-0.15, -0.1) is 0 Å². The number of ether oxygens (including phenoxy) is 2. The zero-order valence-corrected chi connectivity index (χ0v) is 21.9. The van der Waals surface area contributed by atoms with Gasteiger partial charge in [0.1, 0.15) is 29.6 Å². The average Bonchev–Trinajstić information content (AvgIpc) is 3.16. The summed E-state index contributed by atoms with van der Waals surface area (Å²) in [6.45, 7) is 6.69. The molecule has 1 aliphatic rings. The first-order valence-corrected chi connectivity index (χ1v) is 12.4. The first kappa shape index (κ1) is 26.7. The Balaban J connectivity index is 1.79. The van der Waals surface area contributed by atoms with Crippen LogP contribution in [0.5, 0.6) is 17.2 Å². The van der Waals surface area contributed by atoms with Crippen molar-refractivity contribution in [3.05, 3.63) is 108 Å². The van der Waals surface area contributed by atoms with Crippen molar-refractivity contribution in [2.45, 2.75) is 13.0 Å². The van der Waals surface area contributed by atoms with E-state index in [0.29, 0.717) is 53.6 Å². The zero-order chi connectivity index (χ0) is 27.2. The van der Waals surface area contributed by atoms with E-state index in [1.54, 1.807) is 30.3 Å². The van der Waals surface area contributed by atoms with Crippen LogP contribution in [0.1, 0.15) is 22.7 Å². The van der Waals surface area contributed by atoms with E-state index in [1.165, 1.54) is 4.90 Å². The van der Waals surface area contributed by atoms with Gasteiger partial charge in [-0.05, 0) is 74.6 Å². The van der Waals surface area contributed by atoms with Crippen molar-refractivity contribution in [3.8, 4) is 17.2 Å². The number of rotatable bonds is 10. The maximum atomic E-state index is 13.4. The van der Waals surface area contributed by atoms with Crippen LogP contribution in [0.2, 0.25) is 0 Å². The molecule has 196 valence electrons. The number of carbonyl (C=O) groups excluding carboxylic acids is 2. The van der Waals surface area contributed by atoms with Gasteiger partial charge in [0.15, 0.2) is 0 Å². The number of carbonyl (C=O) groups is 2. The smallest absolute Gasteiger partial charge is 0.295 e. The number of benzene rings is 3. The second-order valence-electron chi connectivity index (χ2n) is 9.36. The molecule has 1 saturated heterocycles. The number of aliphatic hydroxyl groups excluding tert-OH is 1. The average molecular weight is 513 g/mol. The number of aliphatic hydroxyl groups is 1. The second-order valence-corrected chi connectivity index (χ2v) is 9.36. The third kappa shape index (κ3) is 5.79. The van der Waals surface area contributed by atoms with Crippen LogP contribution in [0.25, 0.3) is 5.76 Å². The Morgan fingerprint density at radius 2 is 1.74 bits per heavy atom. The standard InChI is InChI=1S/C31H32N2O5/c1-5-18-37-24-14-15-26(21(2)19-24)29(34)27-28(33(17-16-32(3)4)31(36)30(27)35)22-10-9-13-25(20-22)38-23-11-7-6-8-12-23/h5-15,19-20,28,34H,1,16-18H2,2-4H3/t28-/m0/s1. The fourth-order valence-corrected chi connectivity index (χ4v) is 4.43. The summed E-state index contributed by atoms with van der Waals surface area (Å²) in [5.74, 6) is 0.270. The van der Waals surface area contributed by atoms with E-state index in [2.05, 4.69) is 6.58 Å². The van der Waals surface area contributed by atoms with Gasteiger partial charge in [-0.25, -0.2) is 0 Å². The number of aryl methyl sites for hydroxylation is 1. The lowest BCUT2D eigenvalue weighted by molar-refractivity contribution is -0.140. The lowest BCUT2D eigenvalue weighted by atomic mass is 9.93. The van der Waals surface area contributed by atoms with Crippen LogP contribution in [0.3, 0.4) is 0 Å². The van der Waals surface area contributed by atoms with Crippen LogP contribution in [-0.4, -0.2) is 60.4 Å². The van der Waals surface area contributed by atoms with Crippen LogP contribution in [0, 0.1) is 6.92 Å². The topological polar surface area (TPSA) is 79.3 Å². The quantitative estimate of drug-likeness (QED) is 0.171. The molecule has 0 spiro atoms. The van der Waals surface area contributed by atoms with Gasteiger partial charge in [0.2, 0.25) is 0 Å². The van der Waals surface area contributed by atoms with Crippen LogP contribution in [-0.2, 0) is 9.59 Å². The molecule has 4 rings (SSSR count). The molecule has 1 fully saturated rings. The molecule has 3 aromatic rings. The summed E-state index contributed by atoms with van der Waals surface area (Å²) in [6.07, 6.45) is 1.65. The zero-order valence-electron chi connectivity index (χ0n) is 21.9. The number of ketones is 1. The second kappa shape index (κ2) is 11.8. The van der Waals surface area contributed by atoms with E-state index in [4.69, 9.17) is 9.47 Å². The Kier molecular flexibility index (Phi) is 8.28. The van der Waals surface area contributed by atoms with Crippen molar-refractivity contribution >= 4 is 17.4 Å². The number of likely N-dealkylation sites (N-methyl/N-ethyl adjacent to an activating group) is 1. The molecule has 0 saturated carbocycles. The molecule has 0 aliphatic carbocycles. The maximum absolute atomic E-state index is 13.4. The molecule has 3 aromatic carbocycles. The molecule has 1 heterocycles. The minimum Gasteiger partial charge on any atom is -0.507 e. The molecule has 38 heavy (non-hydrogen) atoms. The van der Waals surface area contributed by atoms with Gasteiger partial charge in [0.05, 0.1) is 11.6 Å². The maximum Gasteiger partial charge on any atom is 0.295 e. The largest absolute Gasteiger partial charge is 0.507 e. The molecular formula is C31H32N2O5. The van der Waals surface area contributed by atoms with Gasteiger partial charge >= 0.3 is 0 Å². The highest BCUT2D eigenvalue weighted by molar-refractivity contribution is 6.46. The van der Waals surface area contributed by atoms with Gasteiger partial charge in [-0.2, -0.15) is 0 Å². The lowest BCUT2D eigenvalue weighted by Crippen LogP contribution is -2.35. The first-order chi connectivity index (χ1) is 18.3. The summed E-state index contributed by atoms with van der Waals surface area (Å²) < 4.78 is 11.6. The van der Waals surface area contributed by atoms with Gasteiger partial charge in [-0.3, -0.25) is 9.59 Å². The molecule has 0 radical (unpaired) electrons. The Labute approximate surface area is 223 Å². The van der Waals surface area contributed by atoms with E-state index in [0.717, 1.165) is 0 Å². The fourth-order valence-electron chi connectivity index (χ4n) is 4.43. The molecule has 7 heteroatoms. The lowest BCUT2D eigenvalue weighted by Gasteiger charge is -2.27. The van der Waals surface area contributed by atoms with Crippen molar-refractivity contribution in [1.82, 2.24) is 9.80 Å². The van der Waals surface area contributed by atoms with E-state index >= 15 is 0 Å².